The molecule has 3 aromatic rings. The van der Waals surface area contributed by atoms with Crippen molar-refractivity contribution in [3.8, 4) is 16.2 Å². The first-order valence-corrected chi connectivity index (χ1v) is 15.4. The number of carbonyl (C=O) groups is 3. The van der Waals surface area contributed by atoms with Crippen molar-refractivity contribution in [2.75, 3.05) is 32.1 Å². The molecule has 236 valence electrons. The maximum absolute atomic E-state index is 13.7. The number of benzene rings is 2. The van der Waals surface area contributed by atoms with Gasteiger partial charge in [-0.15, -0.1) is 11.3 Å². The molecule has 1 aliphatic rings. The van der Waals surface area contributed by atoms with Crippen molar-refractivity contribution in [3.63, 3.8) is 0 Å². The number of aliphatic hydroxyl groups excluding tert-OH is 1. The molecule has 1 aliphatic heterocycles. The molecule has 3 amide bonds. The first kappa shape index (κ1) is 32.9. The quantitative estimate of drug-likeness (QED) is 0.177. The van der Waals surface area contributed by atoms with Gasteiger partial charge in [0.05, 0.1) is 28.8 Å². The van der Waals surface area contributed by atoms with Crippen molar-refractivity contribution in [2.24, 2.45) is 5.41 Å². The number of likely N-dealkylation sites (tertiary alicyclic amines) is 1. The van der Waals surface area contributed by atoms with Gasteiger partial charge in [-0.2, -0.15) is 0 Å². The summed E-state index contributed by atoms with van der Waals surface area (Å²) in [4.78, 5) is 46.5. The average molecular weight is 624 g/mol. The number of carbonyl (C=O) groups excluding carboxylic acids is 3. The molecule has 1 saturated heterocycles. The molecule has 1 fully saturated rings. The van der Waals surface area contributed by atoms with E-state index in [1.54, 1.807) is 35.6 Å². The lowest BCUT2D eigenvalue weighted by molar-refractivity contribution is -0.144. The molecule has 0 aliphatic carbocycles. The molecule has 0 spiro atoms. The minimum atomic E-state index is -0.939. The monoisotopic (exact) mass is 623 g/mol. The Labute approximate surface area is 261 Å². The summed E-state index contributed by atoms with van der Waals surface area (Å²) >= 11 is 1.58. The Kier molecular flexibility index (Phi) is 11.0. The highest BCUT2D eigenvalue weighted by atomic mass is 32.1. The number of anilines is 1. The van der Waals surface area contributed by atoms with E-state index in [0.717, 1.165) is 21.7 Å². The number of thiazole rings is 1. The first-order valence-electron chi connectivity index (χ1n) is 14.5. The lowest BCUT2D eigenvalue weighted by Gasteiger charge is -2.35. The van der Waals surface area contributed by atoms with Gasteiger partial charge in [-0.25, -0.2) is 4.98 Å². The predicted molar refractivity (Wildman–Crippen MR) is 169 cm³/mol. The van der Waals surface area contributed by atoms with Crippen LogP contribution in [-0.2, 0) is 25.7 Å². The average Bonchev–Trinajstić information content (AvgIpc) is 3.59. The summed E-state index contributed by atoms with van der Waals surface area (Å²) in [5, 5.41) is 16.1. The van der Waals surface area contributed by atoms with Gasteiger partial charge in [0, 0.05) is 31.3 Å². The van der Waals surface area contributed by atoms with Gasteiger partial charge in [-0.1, -0.05) is 51.1 Å². The second kappa shape index (κ2) is 14.7. The normalized spacial score (nSPS) is 17.2. The number of nitrogens with two attached hydrogens (primary N) is 1. The number of β-amino-alcohol motifs (C(OH)–C–C–N with tert-alkyl or cyclic N) is 1. The Hall–Kier alpha value is -4.00. The Morgan fingerprint density at radius 1 is 1.16 bits per heavy atom. The molecule has 11 nitrogen and oxygen atoms in total. The Morgan fingerprint density at radius 3 is 2.57 bits per heavy atom. The largest absolute Gasteiger partial charge is 0.491 e. The Morgan fingerprint density at radius 2 is 1.91 bits per heavy atom. The number of aryl methyl sites for hydroxylation is 1. The van der Waals surface area contributed by atoms with Gasteiger partial charge in [-0.05, 0) is 35.6 Å². The van der Waals surface area contributed by atoms with E-state index in [2.05, 4.69) is 15.6 Å². The Balaban J connectivity index is 1.30. The van der Waals surface area contributed by atoms with E-state index in [9.17, 15) is 19.5 Å². The fourth-order valence-corrected chi connectivity index (χ4v) is 5.78. The third-order valence-electron chi connectivity index (χ3n) is 7.30. The van der Waals surface area contributed by atoms with Gasteiger partial charge in [0.1, 0.15) is 31.0 Å². The van der Waals surface area contributed by atoms with Gasteiger partial charge < -0.3 is 35.8 Å². The highest BCUT2D eigenvalue weighted by Crippen LogP contribution is 2.28. The van der Waals surface area contributed by atoms with E-state index < -0.39 is 35.4 Å². The third kappa shape index (κ3) is 8.77. The number of nitrogens with zero attached hydrogens (tertiary/aromatic N) is 2. The third-order valence-corrected chi connectivity index (χ3v) is 8.28. The van der Waals surface area contributed by atoms with Crippen molar-refractivity contribution in [1.82, 2.24) is 20.5 Å². The number of aromatic nitrogens is 1. The number of nitrogens with one attached hydrogen (secondary N) is 2. The van der Waals surface area contributed by atoms with Crippen molar-refractivity contribution in [1.29, 1.82) is 0 Å². The lowest BCUT2D eigenvalue weighted by atomic mass is 9.85. The van der Waals surface area contributed by atoms with Crippen molar-refractivity contribution < 1.29 is 29.0 Å². The molecule has 5 N–H and O–H groups in total. The number of hydrogen-bond donors (Lipinski definition) is 4. The van der Waals surface area contributed by atoms with Crippen LogP contribution in [0.4, 0.5) is 5.69 Å². The van der Waals surface area contributed by atoms with Crippen LogP contribution in [0.25, 0.3) is 10.4 Å². The standard InChI is InChI=1S/C32H41N5O6S/c1-20-28(44-19-35-20)22-10-8-21(9-11-22)16-34-30(40)26-15-24(38)17-37(26)31(41)29(32(2,3)4)36-27(39)18-42-12-13-43-25-7-5-6-23(33)14-25/h5-11,14,19,24,26,29,38H,12-13,15-18,33H2,1-4H3,(H,34,40)(H,36,39). The summed E-state index contributed by atoms with van der Waals surface area (Å²) in [5.41, 5.74) is 10.4. The number of hydrogen-bond acceptors (Lipinski definition) is 9. The zero-order valence-corrected chi connectivity index (χ0v) is 26.4. The van der Waals surface area contributed by atoms with Crippen LogP contribution in [0.2, 0.25) is 0 Å². The van der Waals surface area contributed by atoms with E-state index >= 15 is 0 Å². The van der Waals surface area contributed by atoms with Gasteiger partial charge in [0.15, 0.2) is 0 Å². The van der Waals surface area contributed by atoms with Gasteiger partial charge >= 0.3 is 0 Å². The molecule has 0 bridgehead atoms. The van der Waals surface area contributed by atoms with E-state index in [1.165, 1.54) is 4.90 Å². The van der Waals surface area contributed by atoms with E-state index in [0.29, 0.717) is 11.4 Å². The molecular weight excluding hydrogens is 582 g/mol. The number of aliphatic hydroxyl groups is 1. The molecule has 44 heavy (non-hydrogen) atoms. The molecular formula is C32H41N5O6S. The highest BCUT2D eigenvalue weighted by molar-refractivity contribution is 7.13. The fourth-order valence-electron chi connectivity index (χ4n) is 4.97. The van der Waals surface area contributed by atoms with Crippen LogP contribution in [0.3, 0.4) is 0 Å². The minimum absolute atomic E-state index is 0.000106. The lowest BCUT2D eigenvalue weighted by Crippen LogP contribution is -2.58. The van der Waals surface area contributed by atoms with Crippen LogP contribution in [0.15, 0.2) is 54.0 Å². The summed E-state index contributed by atoms with van der Waals surface area (Å²) in [6, 6.07) is 13.1. The predicted octanol–water partition coefficient (Wildman–Crippen LogP) is 2.91. The zero-order valence-electron chi connectivity index (χ0n) is 25.5. The number of nitrogen functional groups attached to an aromatic ring is 1. The molecule has 12 heteroatoms. The number of ether oxygens (including phenoxy) is 2. The second-order valence-corrected chi connectivity index (χ2v) is 12.8. The molecule has 4 rings (SSSR count). The molecule has 2 aromatic carbocycles. The molecule has 0 radical (unpaired) electrons. The maximum Gasteiger partial charge on any atom is 0.246 e. The molecule has 3 atom stereocenters. The minimum Gasteiger partial charge on any atom is -0.491 e. The van der Waals surface area contributed by atoms with Crippen molar-refractivity contribution in [3.05, 3.63) is 65.3 Å². The van der Waals surface area contributed by atoms with Crippen LogP contribution in [0.1, 0.15) is 38.4 Å². The summed E-state index contributed by atoms with van der Waals surface area (Å²) < 4.78 is 11.0. The molecule has 1 aromatic heterocycles. The molecule has 3 unspecified atom stereocenters. The van der Waals surface area contributed by atoms with Crippen LogP contribution in [-0.4, -0.2) is 77.3 Å². The fraction of sp³-hybridized carbons (Fsp3) is 0.438. The van der Waals surface area contributed by atoms with Gasteiger partial charge in [0.2, 0.25) is 17.7 Å². The zero-order chi connectivity index (χ0) is 31.9. The number of rotatable bonds is 12. The molecule has 2 heterocycles. The smallest absolute Gasteiger partial charge is 0.246 e. The van der Waals surface area contributed by atoms with Crippen molar-refractivity contribution >= 4 is 34.7 Å². The summed E-state index contributed by atoms with van der Waals surface area (Å²) in [6.07, 6.45) is -0.737. The number of amides is 3. The van der Waals surface area contributed by atoms with Crippen molar-refractivity contribution in [2.45, 2.75) is 58.8 Å². The summed E-state index contributed by atoms with van der Waals surface area (Å²) in [5.74, 6) is -0.667. The maximum atomic E-state index is 13.7. The molecule has 0 saturated carbocycles. The highest BCUT2D eigenvalue weighted by Gasteiger charge is 2.44. The second-order valence-electron chi connectivity index (χ2n) is 11.9. The van der Waals surface area contributed by atoms with Gasteiger partial charge in [0.25, 0.3) is 0 Å². The summed E-state index contributed by atoms with van der Waals surface area (Å²) in [7, 11) is 0. The van der Waals surface area contributed by atoms with Crippen LogP contribution >= 0.6 is 11.3 Å². The Bertz CT molecular complexity index is 1440. The van der Waals surface area contributed by atoms with E-state index in [-0.39, 0.29) is 45.2 Å². The van der Waals surface area contributed by atoms with Crippen LogP contribution < -0.4 is 21.1 Å². The van der Waals surface area contributed by atoms with Crippen LogP contribution in [0, 0.1) is 12.3 Å². The summed E-state index contributed by atoms with van der Waals surface area (Å²) in [6.45, 7) is 7.83. The first-order chi connectivity index (χ1) is 20.9. The van der Waals surface area contributed by atoms with Gasteiger partial charge in [-0.3, -0.25) is 14.4 Å². The van der Waals surface area contributed by atoms with Crippen LogP contribution in [0.5, 0.6) is 5.75 Å². The SMILES string of the molecule is Cc1ncsc1-c1ccc(CNC(=O)C2CC(O)CN2C(=O)C(NC(=O)COCCOc2cccc(N)c2)C(C)(C)C)cc1. The topological polar surface area (TPSA) is 156 Å². The van der Waals surface area contributed by atoms with E-state index in [1.807, 2.05) is 57.5 Å². The van der Waals surface area contributed by atoms with E-state index in [4.69, 9.17) is 15.2 Å².